The standard InChI is InChI=1S/C19H19NO2/c1-13-4-5-17(12-14(13)2)19(22)10-11-20-18-8-6-16(7-9-18)15(3)21/h4-12,20H,1-3H3/b11-10+. The van der Waals surface area contributed by atoms with Crippen molar-refractivity contribution in [1.29, 1.82) is 0 Å². The number of hydrogen-bond donors (Lipinski definition) is 1. The number of nitrogens with one attached hydrogen (secondary N) is 1. The first-order chi connectivity index (χ1) is 10.5. The van der Waals surface area contributed by atoms with Gasteiger partial charge in [-0.3, -0.25) is 9.59 Å². The Labute approximate surface area is 130 Å². The first kappa shape index (κ1) is 15.7. The lowest BCUT2D eigenvalue weighted by Gasteiger charge is -2.03. The lowest BCUT2D eigenvalue weighted by atomic mass is 10.0. The highest BCUT2D eigenvalue weighted by Crippen LogP contribution is 2.12. The van der Waals surface area contributed by atoms with E-state index in [0.29, 0.717) is 11.1 Å². The second-order valence-corrected chi connectivity index (χ2v) is 5.27. The number of anilines is 1. The fourth-order valence-corrected chi connectivity index (χ4v) is 2.01. The maximum atomic E-state index is 12.1. The van der Waals surface area contributed by atoms with Crippen LogP contribution < -0.4 is 5.32 Å². The Morgan fingerprint density at radius 1 is 0.909 bits per heavy atom. The number of aryl methyl sites for hydroxylation is 2. The highest BCUT2D eigenvalue weighted by Gasteiger charge is 2.03. The van der Waals surface area contributed by atoms with Crippen molar-refractivity contribution in [3.05, 3.63) is 77.0 Å². The van der Waals surface area contributed by atoms with Crippen molar-refractivity contribution in [3.63, 3.8) is 0 Å². The molecule has 0 fully saturated rings. The summed E-state index contributed by atoms with van der Waals surface area (Å²) in [7, 11) is 0. The van der Waals surface area contributed by atoms with Crippen molar-refractivity contribution in [3.8, 4) is 0 Å². The number of ketones is 2. The summed E-state index contributed by atoms with van der Waals surface area (Å²) >= 11 is 0. The predicted molar refractivity (Wildman–Crippen MR) is 89.5 cm³/mol. The Hall–Kier alpha value is -2.68. The topological polar surface area (TPSA) is 46.2 Å². The minimum absolute atomic E-state index is 0.0343. The zero-order valence-electron chi connectivity index (χ0n) is 13.0. The third-order valence-electron chi connectivity index (χ3n) is 3.57. The van der Waals surface area contributed by atoms with Gasteiger partial charge in [0.1, 0.15) is 0 Å². The van der Waals surface area contributed by atoms with Crippen LogP contribution in [0.1, 0.15) is 38.8 Å². The van der Waals surface area contributed by atoms with Crippen LogP contribution in [0.3, 0.4) is 0 Å². The average Bonchev–Trinajstić information content (AvgIpc) is 2.50. The van der Waals surface area contributed by atoms with E-state index in [1.54, 1.807) is 18.3 Å². The second kappa shape index (κ2) is 6.85. The molecule has 3 heteroatoms. The molecule has 0 spiro atoms. The Kier molecular flexibility index (Phi) is 4.89. The molecule has 1 N–H and O–H groups in total. The fraction of sp³-hybridized carbons (Fsp3) is 0.158. The van der Waals surface area contributed by atoms with Crippen molar-refractivity contribution < 1.29 is 9.59 Å². The van der Waals surface area contributed by atoms with Crippen LogP contribution in [-0.4, -0.2) is 11.6 Å². The van der Waals surface area contributed by atoms with E-state index in [1.807, 2.05) is 44.2 Å². The normalized spacial score (nSPS) is 10.7. The zero-order valence-corrected chi connectivity index (χ0v) is 13.0. The molecule has 0 bridgehead atoms. The summed E-state index contributed by atoms with van der Waals surface area (Å²) in [5, 5.41) is 3.02. The van der Waals surface area contributed by atoms with Crippen LogP contribution in [0.25, 0.3) is 0 Å². The van der Waals surface area contributed by atoms with Gasteiger partial charge in [0.15, 0.2) is 11.6 Å². The van der Waals surface area contributed by atoms with Gasteiger partial charge in [0, 0.05) is 29.1 Å². The highest BCUT2D eigenvalue weighted by atomic mass is 16.1. The first-order valence-corrected chi connectivity index (χ1v) is 7.13. The van der Waals surface area contributed by atoms with Gasteiger partial charge in [0.2, 0.25) is 0 Å². The molecule has 0 aliphatic carbocycles. The molecule has 0 atom stereocenters. The van der Waals surface area contributed by atoms with Gasteiger partial charge in [0.05, 0.1) is 0 Å². The number of allylic oxidation sites excluding steroid dienone is 1. The molecule has 112 valence electrons. The minimum Gasteiger partial charge on any atom is -0.362 e. The molecule has 0 aliphatic rings. The summed E-state index contributed by atoms with van der Waals surface area (Å²) in [5.74, 6) is -0.0111. The highest BCUT2D eigenvalue weighted by molar-refractivity contribution is 6.04. The Morgan fingerprint density at radius 2 is 1.55 bits per heavy atom. The molecule has 0 aliphatic heterocycles. The lowest BCUT2D eigenvalue weighted by Crippen LogP contribution is -1.98. The van der Waals surface area contributed by atoms with Gasteiger partial charge in [-0.2, -0.15) is 0 Å². The predicted octanol–water partition coefficient (Wildman–Crippen LogP) is 4.31. The average molecular weight is 293 g/mol. The molecule has 3 nitrogen and oxygen atoms in total. The van der Waals surface area contributed by atoms with E-state index >= 15 is 0 Å². The van der Waals surface area contributed by atoms with E-state index in [4.69, 9.17) is 0 Å². The van der Waals surface area contributed by atoms with E-state index in [9.17, 15) is 9.59 Å². The molecular weight excluding hydrogens is 274 g/mol. The Bertz CT molecular complexity index is 728. The molecule has 22 heavy (non-hydrogen) atoms. The third-order valence-corrected chi connectivity index (χ3v) is 3.57. The van der Waals surface area contributed by atoms with E-state index in [-0.39, 0.29) is 11.6 Å². The van der Waals surface area contributed by atoms with E-state index in [1.165, 1.54) is 18.6 Å². The maximum absolute atomic E-state index is 12.1. The largest absolute Gasteiger partial charge is 0.362 e. The van der Waals surface area contributed by atoms with Gasteiger partial charge in [-0.15, -0.1) is 0 Å². The molecule has 2 aromatic rings. The summed E-state index contributed by atoms with van der Waals surface area (Å²) < 4.78 is 0. The number of benzene rings is 2. The molecule has 0 saturated heterocycles. The number of hydrogen-bond acceptors (Lipinski definition) is 3. The molecule has 2 aromatic carbocycles. The van der Waals surface area contributed by atoms with Crippen LogP contribution in [0.4, 0.5) is 5.69 Å². The quantitative estimate of drug-likeness (QED) is 0.660. The summed E-state index contributed by atoms with van der Waals surface area (Å²) in [6.07, 6.45) is 3.11. The number of carbonyl (C=O) groups is 2. The summed E-state index contributed by atoms with van der Waals surface area (Å²) in [6.45, 7) is 5.54. The monoisotopic (exact) mass is 293 g/mol. The summed E-state index contributed by atoms with van der Waals surface area (Å²) in [4.78, 5) is 23.3. The SMILES string of the molecule is CC(=O)c1ccc(N/C=C/C(=O)c2ccc(C)c(C)c2)cc1. The van der Waals surface area contributed by atoms with Crippen LogP contribution in [0.2, 0.25) is 0 Å². The van der Waals surface area contributed by atoms with Crippen LogP contribution in [0.5, 0.6) is 0 Å². The molecule has 0 heterocycles. The molecule has 0 radical (unpaired) electrons. The van der Waals surface area contributed by atoms with E-state index in [2.05, 4.69) is 5.32 Å². The van der Waals surface area contributed by atoms with Crippen molar-refractivity contribution in [1.82, 2.24) is 0 Å². The van der Waals surface area contributed by atoms with E-state index in [0.717, 1.165) is 11.3 Å². The Balaban J connectivity index is 2.00. The van der Waals surface area contributed by atoms with Crippen molar-refractivity contribution in [2.45, 2.75) is 20.8 Å². The lowest BCUT2D eigenvalue weighted by molar-refractivity contribution is 0.101. The second-order valence-electron chi connectivity index (χ2n) is 5.27. The van der Waals surface area contributed by atoms with Gasteiger partial charge in [0.25, 0.3) is 0 Å². The smallest absolute Gasteiger partial charge is 0.187 e. The van der Waals surface area contributed by atoms with Crippen LogP contribution in [0, 0.1) is 13.8 Å². The summed E-state index contributed by atoms with van der Waals surface area (Å²) in [6, 6.07) is 12.8. The van der Waals surface area contributed by atoms with Crippen LogP contribution >= 0.6 is 0 Å². The molecule has 0 unspecified atom stereocenters. The van der Waals surface area contributed by atoms with Crippen molar-refractivity contribution in [2.24, 2.45) is 0 Å². The first-order valence-electron chi connectivity index (χ1n) is 7.13. The summed E-state index contributed by atoms with van der Waals surface area (Å²) in [5.41, 5.74) is 4.44. The fourth-order valence-electron chi connectivity index (χ4n) is 2.01. The molecule has 0 aromatic heterocycles. The van der Waals surface area contributed by atoms with Crippen molar-refractivity contribution in [2.75, 3.05) is 5.32 Å². The van der Waals surface area contributed by atoms with E-state index < -0.39 is 0 Å². The number of rotatable bonds is 5. The zero-order chi connectivity index (χ0) is 16.1. The molecule has 2 rings (SSSR count). The molecule has 0 saturated carbocycles. The number of carbonyl (C=O) groups excluding carboxylic acids is 2. The maximum Gasteiger partial charge on any atom is 0.187 e. The van der Waals surface area contributed by atoms with Gasteiger partial charge in [-0.1, -0.05) is 12.1 Å². The van der Waals surface area contributed by atoms with Crippen molar-refractivity contribution >= 4 is 17.3 Å². The van der Waals surface area contributed by atoms with Crippen LogP contribution in [0.15, 0.2) is 54.7 Å². The van der Waals surface area contributed by atoms with Gasteiger partial charge < -0.3 is 5.32 Å². The molecular formula is C19H19NO2. The minimum atomic E-state index is -0.0454. The van der Waals surface area contributed by atoms with Gasteiger partial charge in [-0.05, 0) is 62.2 Å². The van der Waals surface area contributed by atoms with Gasteiger partial charge in [-0.25, -0.2) is 0 Å². The van der Waals surface area contributed by atoms with Crippen LogP contribution in [-0.2, 0) is 0 Å². The Morgan fingerprint density at radius 3 is 2.14 bits per heavy atom. The molecule has 0 amide bonds. The number of Topliss-reactive ketones (excluding diaryl/α,β-unsaturated/α-hetero) is 1. The third kappa shape index (κ3) is 3.92. The van der Waals surface area contributed by atoms with Gasteiger partial charge >= 0.3 is 0 Å².